The summed E-state index contributed by atoms with van der Waals surface area (Å²) in [7, 11) is 1.58. The van der Waals surface area contributed by atoms with Gasteiger partial charge in [-0.25, -0.2) is 0 Å². The van der Waals surface area contributed by atoms with Crippen LogP contribution in [0.15, 0.2) is 0 Å². The van der Waals surface area contributed by atoms with Crippen LogP contribution in [0.1, 0.15) is 32.6 Å². The van der Waals surface area contributed by atoms with Gasteiger partial charge in [-0.2, -0.15) is 0 Å². The standard InChI is InChI=1S/C13H20O7/c1-10(14)7-11(15)9-20-13(17)8-12(16)19-6-4-3-5-18-2/h3-9H2,1-2H3. The molecule has 0 aliphatic heterocycles. The molecule has 0 aromatic carbocycles. The highest BCUT2D eigenvalue weighted by atomic mass is 16.6. The average molecular weight is 288 g/mol. The van der Waals surface area contributed by atoms with Crippen molar-refractivity contribution < 1.29 is 33.4 Å². The van der Waals surface area contributed by atoms with Gasteiger partial charge in [-0.1, -0.05) is 0 Å². The predicted octanol–water partition coefficient (Wildman–Crippen LogP) is 0.438. The third kappa shape index (κ3) is 11.3. The molecule has 0 bridgehead atoms. The van der Waals surface area contributed by atoms with Crippen molar-refractivity contribution in [2.75, 3.05) is 26.9 Å². The Morgan fingerprint density at radius 3 is 2.05 bits per heavy atom. The average Bonchev–Trinajstić information content (AvgIpc) is 2.35. The number of carbonyl (C=O) groups excluding carboxylic acids is 4. The lowest BCUT2D eigenvalue weighted by Gasteiger charge is -2.05. The lowest BCUT2D eigenvalue weighted by Crippen LogP contribution is -2.19. The van der Waals surface area contributed by atoms with Gasteiger partial charge in [0.25, 0.3) is 0 Å². The molecule has 0 aliphatic rings. The quantitative estimate of drug-likeness (QED) is 0.309. The molecule has 114 valence electrons. The maximum absolute atomic E-state index is 11.2. The Balaban J connectivity index is 3.67. The Morgan fingerprint density at radius 2 is 1.45 bits per heavy atom. The number of carbonyl (C=O) groups is 4. The number of hydrogen-bond donors (Lipinski definition) is 0. The van der Waals surface area contributed by atoms with Crippen LogP contribution in [0.25, 0.3) is 0 Å². The highest BCUT2D eigenvalue weighted by molar-refractivity contribution is 5.99. The molecule has 0 unspecified atom stereocenters. The fraction of sp³-hybridized carbons (Fsp3) is 0.692. The monoisotopic (exact) mass is 288 g/mol. The molecular weight excluding hydrogens is 268 g/mol. The largest absolute Gasteiger partial charge is 0.465 e. The topological polar surface area (TPSA) is 96.0 Å². The molecule has 0 N–H and O–H groups in total. The van der Waals surface area contributed by atoms with Crippen LogP contribution in [-0.2, 0) is 33.4 Å². The third-order valence-electron chi connectivity index (χ3n) is 2.13. The van der Waals surface area contributed by atoms with Crippen LogP contribution in [0, 0.1) is 0 Å². The van der Waals surface area contributed by atoms with Gasteiger partial charge in [0.1, 0.15) is 18.8 Å². The summed E-state index contributed by atoms with van der Waals surface area (Å²) >= 11 is 0. The van der Waals surface area contributed by atoms with Crippen molar-refractivity contribution in [2.45, 2.75) is 32.6 Å². The molecule has 0 aromatic rings. The van der Waals surface area contributed by atoms with E-state index in [-0.39, 0.29) is 18.8 Å². The summed E-state index contributed by atoms with van der Waals surface area (Å²) < 4.78 is 14.2. The molecule has 0 saturated carbocycles. The molecule has 0 radical (unpaired) electrons. The van der Waals surface area contributed by atoms with Gasteiger partial charge in [0.15, 0.2) is 5.78 Å². The Kier molecular flexibility index (Phi) is 10.1. The number of esters is 2. The summed E-state index contributed by atoms with van der Waals surface area (Å²) in [5.41, 5.74) is 0. The van der Waals surface area contributed by atoms with Crippen molar-refractivity contribution in [1.82, 2.24) is 0 Å². The van der Waals surface area contributed by atoms with E-state index in [1.165, 1.54) is 6.92 Å². The Morgan fingerprint density at radius 1 is 0.850 bits per heavy atom. The summed E-state index contributed by atoms with van der Waals surface area (Å²) in [6.45, 7) is 1.55. The van der Waals surface area contributed by atoms with Gasteiger partial charge in [0.2, 0.25) is 0 Å². The van der Waals surface area contributed by atoms with Gasteiger partial charge in [-0.05, 0) is 19.8 Å². The van der Waals surface area contributed by atoms with Crippen LogP contribution in [0.4, 0.5) is 0 Å². The molecule has 20 heavy (non-hydrogen) atoms. The summed E-state index contributed by atoms with van der Waals surface area (Å²) in [6.07, 6.45) is 0.578. The number of hydrogen-bond acceptors (Lipinski definition) is 7. The van der Waals surface area contributed by atoms with Crippen molar-refractivity contribution in [3.8, 4) is 0 Å². The molecule has 0 saturated heterocycles. The van der Waals surface area contributed by atoms with E-state index in [0.717, 1.165) is 6.42 Å². The molecule has 0 rings (SSSR count). The smallest absolute Gasteiger partial charge is 0.317 e. The van der Waals surface area contributed by atoms with E-state index < -0.39 is 30.7 Å². The second kappa shape index (κ2) is 11.1. The normalized spacial score (nSPS) is 9.90. The summed E-state index contributed by atoms with van der Waals surface area (Å²) in [6, 6.07) is 0. The first-order valence-electron chi connectivity index (χ1n) is 6.27. The van der Waals surface area contributed by atoms with E-state index in [1.807, 2.05) is 0 Å². The number of Topliss-reactive ketones (excluding diaryl/α,β-unsaturated/α-hetero) is 2. The number of rotatable bonds is 11. The first kappa shape index (κ1) is 18.2. The highest BCUT2D eigenvalue weighted by Crippen LogP contribution is 1.96. The predicted molar refractivity (Wildman–Crippen MR) is 68.0 cm³/mol. The first-order chi connectivity index (χ1) is 9.45. The molecular formula is C13H20O7. The maximum atomic E-state index is 11.2. The Bertz CT molecular complexity index is 349. The minimum atomic E-state index is -0.844. The van der Waals surface area contributed by atoms with Crippen LogP contribution in [0.5, 0.6) is 0 Å². The Hall–Kier alpha value is -1.76. The van der Waals surface area contributed by atoms with E-state index in [4.69, 9.17) is 9.47 Å². The SMILES string of the molecule is COCCCCOC(=O)CC(=O)OCC(=O)CC(C)=O. The second-order valence-corrected chi connectivity index (χ2v) is 4.18. The summed E-state index contributed by atoms with van der Waals surface area (Å²) in [5, 5.41) is 0. The van der Waals surface area contributed by atoms with E-state index in [9.17, 15) is 19.2 Å². The van der Waals surface area contributed by atoms with Crippen LogP contribution >= 0.6 is 0 Å². The van der Waals surface area contributed by atoms with Gasteiger partial charge >= 0.3 is 11.9 Å². The minimum Gasteiger partial charge on any atom is -0.465 e. The maximum Gasteiger partial charge on any atom is 0.317 e. The summed E-state index contributed by atoms with van der Waals surface area (Å²) in [4.78, 5) is 44.1. The number of methoxy groups -OCH3 is 1. The van der Waals surface area contributed by atoms with E-state index in [0.29, 0.717) is 13.0 Å². The molecule has 7 heteroatoms. The van der Waals surface area contributed by atoms with Crippen molar-refractivity contribution >= 4 is 23.5 Å². The first-order valence-corrected chi connectivity index (χ1v) is 6.27. The lowest BCUT2D eigenvalue weighted by atomic mass is 10.2. The van der Waals surface area contributed by atoms with E-state index in [1.54, 1.807) is 7.11 Å². The van der Waals surface area contributed by atoms with Crippen LogP contribution in [0.2, 0.25) is 0 Å². The summed E-state index contributed by atoms with van der Waals surface area (Å²) in [5.74, 6) is -2.35. The van der Waals surface area contributed by atoms with Gasteiger partial charge in [-0.15, -0.1) is 0 Å². The van der Waals surface area contributed by atoms with Gasteiger partial charge in [-0.3, -0.25) is 19.2 Å². The lowest BCUT2D eigenvalue weighted by molar-refractivity contribution is -0.157. The zero-order chi connectivity index (χ0) is 15.4. The molecule has 0 aliphatic carbocycles. The van der Waals surface area contributed by atoms with Crippen molar-refractivity contribution in [1.29, 1.82) is 0 Å². The van der Waals surface area contributed by atoms with Gasteiger partial charge in [0.05, 0.1) is 13.0 Å². The minimum absolute atomic E-state index is 0.207. The molecule has 0 amide bonds. The third-order valence-corrected chi connectivity index (χ3v) is 2.13. The molecule has 0 spiro atoms. The molecule has 0 atom stereocenters. The van der Waals surface area contributed by atoms with Crippen LogP contribution in [-0.4, -0.2) is 50.4 Å². The van der Waals surface area contributed by atoms with E-state index >= 15 is 0 Å². The molecule has 0 heterocycles. The van der Waals surface area contributed by atoms with Gasteiger partial charge < -0.3 is 14.2 Å². The number of unbranched alkanes of at least 4 members (excludes halogenated alkanes) is 1. The Labute approximate surface area is 117 Å². The van der Waals surface area contributed by atoms with Crippen LogP contribution in [0.3, 0.4) is 0 Å². The zero-order valence-electron chi connectivity index (χ0n) is 11.8. The fourth-order valence-corrected chi connectivity index (χ4v) is 1.24. The zero-order valence-corrected chi connectivity index (χ0v) is 11.8. The highest BCUT2D eigenvalue weighted by Gasteiger charge is 2.14. The van der Waals surface area contributed by atoms with Crippen molar-refractivity contribution in [3.63, 3.8) is 0 Å². The molecule has 0 aromatic heterocycles. The van der Waals surface area contributed by atoms with Crippen LogP contribution < -0.4 is 0 Å². The van der Waals surface area contributed by atoms with Gasteiger partial charge in [0, 0.05) is 13.7 Å². The number of ether oxygens (including phenoxy) is 3. The molecule has 0 fully saturated rings. The van der Waals surface area contributed by atoms with Crippen molar-refractivity contribution in [2.24, 2.45) is 0 Å². The van der Waals surface area contributed by atoms with Crippen molar-refractivity contribution in [3.05, 3.63) is 0 Å². The molecule has 7 nitrogen and oxygen atoms in total. The second-order valence-electron chi connectivity index (χ2n) is 4.18. The number of ketones is 2. The van der Waals surface area contributed by atoms with E-state index in [2.05, 4.69) is 4.74 Å². The fourth-order valence-electron chi connectivity index (χ4n) is 1.24.